The Balaban J connectivity index is 2.36. The lowest BCUT2D eigenvalue weighted by Crippen LogP contribution is -2.59. The van der Waals surface area contributed by atoms with Gasteiger partial charge in [0.1, 0.15) is 31.0 Å². The minimum atomic E-state index is -1.59. The van der Waals surface area contributed by atoms with E-state index in [0.29, 0.717) is 6.42 Å². The molecule has 10 nitrogen and oxygen atoms in total. The summed E-state index contributed by atoms with van der Waals surface area (Å²) in [6, 6.07) is 0. The number of carbonyl (C=O) groups excluding carboxylic acids is 2. The molecule has 1 saturated heterocycles. The Labute approximate surface area is 321 Å². The van der Waals surface area contributed by atoms with Gasteiger partial charge in [-0.3, -0.25) is 9.59 Å². The first-order valence-corrected chi connectivity index (χ1v) is 21.1. The first kappa shape index (κ1) is 48.9. The van der Waals surface area contributed by atoms with Crippen molar-refractivity contribution in [3.63, 3.8) is 0 Å². The number of hydrogen-bond donors (Lipinski definition) is 4. The second-order valence-corrected chi connectivity index (χ2v) is 14.4. The zero-order chi connectivity index (χ0) is 38.8. The molecule has 10 heteroatoms. The van der Waals surface area contributed by atoms with E-state index in [1.807, 2.05) is 0 Å². The Bertz CT molecular complexity index is 965. The number of hydrogen-bond acceptors (Lipinski definition) is 10. The third-order valence-electron chi connectivity index (χ3n) is 9.54. The summed E-state index contributed by atoms with van der Waals surface area (Å²) in [5.41, 5.74) is 0. The summed E-state index contributed by atoms with van der Waals surface area (Å²) in [5, 5.41) is 40.0. The highest BCUT2D eigenvalue weighted by atomic mass is 16.7. The predicted molar refractivity (Wildman–Crippen MR) is 210 cm³/mol. The molecule has 308 valence electrons. The van der Waals surface area contributed by atoms with Gasteiger partial charge in [0, 0.05) is 12.8 Å². The lowest BCUT2D eigenvalue weighted by Gasteiger charge is -2.39. The van der Waals surface area contributed by atoms with Gasteiger partial charge in [-0.05, 0) is 44.9 Å². The van der Waals surface area contributed by atoms with Crippen molar-refractivity contribution >= 4 is 11.9 Å². The monoisotopic (exact) mass is 753 g/mol. The predicted octanol–water partition coefficient (Wildman–Crippen LogP) is 8.33. The van der Waals surface area contributed by atoms with E-state index < -0.39 is 49.4 Å². The third kappa shape index (κ3) is 26.4. The number of ether oxygens (including phenoxy) is 4. The summed E-state index contributed by atoms with van der Waals surface area (Å²) in [6.45, 7) is 3.28. The molecule has 4 N–H and O–H groups in total. The fourth-order valence-electron chi connectivity index (χ4n) is 6.20. The Morgan fingerprint density at radius 3 is 1.68 bits per heavy atom. The molecule has 0 aromatic carbocycles. The molecule has 0 amide bonds. The number of allylic oxidation sites excluding steroid dienone is 6. The van der Waals surface area contributed by atoms with Crippen LogP contribution < -0.4 is 0 Å². The summed E-state index contributed by atoms with van der Waals surface area (Å²) < 4.78 is 22.1. The molecule has 1 aliphatic heterocycles. The van der Waals surface area contributed by atoms with Gasteiger partial charge < -0.3 is 39.4 Å². The molecule has 6 unspecified atom stereocenters. The Hall–Kier alpha value is -2.08. The van der Waals surface area contributed by atoms with Gasteiger partial charge in [0.15, 0.2) is 12.4 Å². The molecule has 53 heavy (non-hydrogen) atoms. The average molecular weight is 753 g/mol. The lowest BCUT2D eigenvalue weighted by molar-refractivity contribution is -0.305. The third-order valence-corrected chi connectivity index (χ3v) is 9.54. The van der Waals surface area contributed by atoms with Crippen molar-refractivity contribution in [2.75, 3.05) is 19.8 Å². The van der Waals surface area contributed by atoms with Gasteiger partial charge in [-0.15, -0.1) is 0 Å². The second-order valence-electron chi connectivity index (χ2n) is 14.4. The summed E-state index contributed by atoms with van der Waals surface area (Å²) >= 11 is 0. The van der Waals surface area contributed by atoms with Crippen LogP contribution in [0.15, 0.2) is 36.5 Å². The van der Waals surface area contributed by atoms with Crippen LogP contribution in [0.2, 0.25) is 0 Å². The van der Waals surface area contributed by atoms with Crippen molar-refractivity contribution < 1.29 is 49.0 Å². The fraction of sp³-hybridized carbons (Fsp3) is 0.814. The molecule has 0 spiro atoms. The first-order valence-electron chi connectivity index (χ1n) is 21.1. The second kappa shape index (κ2) is 34.4. The lowest BCUT2D eigenvalue weighted by atomic mass is 9.99. The van der Waals surface area contributed by atoms with Crippen molar-refractivity contribution in [3.8, 4) is 0 Å². The number of rotatable bonds is 34. The minimum absolute atomic E-state index is 0.220. The fourth-order valence-corrected chi connectivity index (χ4v) is 6.20. The maximum Gasteiger partial charge on any atom is 0.306 e. The van der Waals surface area contributed by atoms with Gasteiger partial charge in [-0.2, -0.15) is 0 Å². The molecule has 1 heterocycles. The van der Waals surface area contributed by atoms with E-state index in [4.69, 9.17) is 18.9 Å². The molecular formula is C43H76O10. The molecule has 1 aliphatic rings. The highest BCUT2D eigenvalue weighted by Crippen LogP contribution is 2.22. The largest absolute Gasteiger partial charge is 0.462 e. The minimum Gasteiger partial charge on any atom is -0.462 e. The van der Waals surface area contributed by atoms with E-state index in [9.17, 15) is 30.0 Å². The van der Waals surface area contributed by atoms with Gasteiger partial charge in [0.25, 0.3) is 0 Å². The zero-order valence-corrected chi connectivity index (χ0v) is 33.3. The van der Waals surface area contributed by atoms with Gasteiger partial charge >= 0.3 is 11.9 Å². The maximum absolute atomic E-state index is 12.7. The van der Waals surface area contributed by atoms with Crippen LogP contribution >= 0.6 is 0 Å². The molecule has 0 aromatic rings. The van der Waals surface area contributed by atoms with Gasteiger partial charge in [-0.25, -0.2) is 0 Å². The number of aliphatic hydroxyl groups excluding tert-OH is 4. The Morgan fingerprint density at radius 2 is 1.11 bits per heavy atom. The quantitative estimate of drug-likeness (QED) is 0.0287. The molecule has 0 bridgehead atoms. The van der Waals surface area contributed by atoms with Gasteiger partial charge in [0.2, 0.25) is 0 Å². The smallest absolute Gasteiger partial charge is 0.306 e. The Morgan fingerprint density at radius 1 is 0.604 bits per heavy atom. The van der Waals surface area contributed by atoms with Crippen LogP contribution in [-0.2, 0) is 28.5 Å². The van der Waals surface area contributed by atoms with E-state index in [1.54, 1.807) is 0 Å². The van der Waals surface area contributed by atoms with E-state index in [2.05, 4.69) is 50.3 Å². The van der Waals surface area contributed by atoms with Crippen LogP contribution in [0, 0.1) is 0 Å². The molecule has 1 fully saturated rings. The molecular weight excluding hydrogens is 676 g/mol. The van der Waals surface area contributed by atoms with E-state index in [-0.39, 0.29) is 32.0 Å². The highest BCUT2D eigenvalue weighted by Gasteiger charge is 2.44. The molecule has 6 atom stereocenters. The Kier molecular flexibility index (Phi) is 31.8. The normalized spacial score (nSPS) is 21.2. The SMILES string of the molecule is CC/C=C\C/C=C\C/C=C\CCCCCCCCCC(=O)OC(COC(=O)CCCCCCCCCCCCC)COC1OC(CO)C(O)C(O)C1O. The zero-order valence-electron chi connectivity index (χ0n) is 33.3. The van der Waals surface area contributed by atoms with Crippen LogP contribution in [0.1, 0.15) is 168 Å². The van der Waals surface area contributed by atoms with E-state index in [0.717, 1.165) is 64.2 Å². The van der Waals surface area contributed by atoms with Crippen LogP contribution in [-0.4, -0.2) is 89.0 Å². The molecule has 0 saturated carbocycles. The highest BCUT2D eigenvalue weighted by molar-refractivity contribution is 5.70. The number of carbonyl (C=O) groups is 2. The van der Waals surface area contributed by atoms with Crippen molar-refractivity contribution in [3.05, 3.63) is 36.5 Å². The van der Waals surface area contributed by atoms with Crippen LogP contribution in [0.25, 0.3) is 0 Å². The number of aliphatic hydroxyl groups is 4. The maximum atomic E-state index is 12.7. The van der Waals surface area contributed by atoms with Crippen molar-refractivity contribution in [1.82, 2.24) is 0 Å². The summed E-state index contributed by atoms with van der Waals surface area (Å²) in [5.74, 6) is -0.818. The number of esters is 2. The average Bonchev–Trinajstić information content (AvgIpc) is 3.15. The van der Waals surface area contributed by atoms with Crippen molar-refractivity contribution in [2.45, 2.75) is 205 Å². The van der Waals surface area contributed by atoms with Gasteiger partial charge in [-0.1, -0.05) is 147 Å². The molecule has 0 aromatic heterocycles. The van der Waals surface area contributed by atoms with Crippen molar-refractivity contribution in [2.24, 2.45) is 0 Å². The van der Waals surface area contributed by atoms with Gasteiger partial charge in [0.05, 0.1) is 13.2 Å². The van der Waals surface area contributed by atoms with E-state index in [1.165, 1.54) is 70.6 Å². The van der Waals surface area contributed by atoms with Crippen LogP contribution in [0.5, 0.6) is 0 Å². The summed E-state index contributed by atoms with van der Waals surface area (Å²) in [4.78, 5) is 25.2. The van der Waals surface area contributed by atoms with E-state index >= 15 is 0 Å². The summed E-state index contributed by atoms with van der Waals surface area (Å²) in [6.07, 6.45) is 30.1. The van der Waals surface area contributed by atoms with Crippen LogP contribution in [0.3, 0.4) is 0 Å². The summed E-state index contributed by atoms with van der Waals surface area (Å²) in [7, 11) is 0. The topological polar surface area (TPSA) is 152 Å². The number of unbranched alkanes of at least 4 members (excludes halogenated alkanes) is 17. The molecule has 0 aliphatic carbocycles. The van der Waals surface area contributed by atoms with Crippen molar-refractivity contribution in [1.29, 1.82) is 0 Å². The first-order chi connectivity index (χ1) is 25.8. The standard InChI is InChI=1S/C43H76O10/c1-3-5-7-9-11-13-15-16-17-18-19-20-22-24-26-28-30-32-39(46)52-36(35-51-43-42(49)41(48)40(47)37(33-44)53-43)34-50-38(45)31-29-27-25-23-21-14-12-10-8-6-4-2/h5,7,11,13,16-17,36-37,40-44,47-49H,3-4,6,8-10,12,14-15,18-35H2,1-2H3/b7-5-,13-11-,17-16-. The van der Waals surface area contributed by atoms with Crippen LogP contribution in [0.4, 0.5) is 0 Å². The molecule has 1 rings (SSSR count). The molecule has 0 radical (unpaired) electrons.